The molecule has 2 saturated heterocycles. The van der Waals surface area contributed by atoms with E-state index in [4.69, 9.17) is 0 Å². The van der Waals surface area contributed by atoms with Gasteiger partial charge in [-0.05, 0) is 55.4 Å². The second-order valence-corrected chi connectivity index (χ2v) is 10.9. The molecule has 0 aromatic heterocycles. The molecule has 1 amide bonds. The first-order chi connectivity index (χ1) is 13.2. The first kappa shape index (κ1) is 21.3. The number of amides is 1. The summed E-state index contributed by atoms with van der Waals surface area (Å²) in [6.07, 6.45) is 3.48. The molecule has 28 heavy (non-hydrogen) atoms. The van der Waals surface area contributed by atoms with Crippen molar-refractivity contribution < 1.29 is 18.1 Å². The second kappa shape index (κ2) is 8.93. The Bertz CT molecular complexity index is 769. The normalized spacial score (nSPS) is 29.4. The Kier molecular flexibility index (Phi) is 6.78. The predicted octanol–water partition coefficient (Wildman–Crippen LogP) is 1.61. The Morgan fingerprint density at radius 3 is 2.36 bits per heavy atom. The molecule has 6 nitrogen and oxygen atoms in total. The summed E-state index contributed by atoms with van der Waals surface area (Å²) in [5, 5.41) is 2.91. The first-order valence-corrected chi connectivity index (χ1v) is 11.9. The van der Waals surface area contributed by atoms with Gasteiger partial charge in [-0.1, -0.05) is 20.8 Å². The van der Waals surface area contributed by atoms with Crippen molar-refractivity contribution in [3.63, 3.8) is 0 Å². The van der Waals surface area contributed by atoms with Crippen molar-refractivity contribution in [2.75, 3.05) is 38.0 Å². The number of rotatable bonds is 5. The molecular formula is C21H34N3O3S+. The zero-order chi connectivity index (χ0) is 20.3. The maximum atomic E-state index is 12.9. The lowest BCUT2D eigenvalue weighted by molar-refractivity contribution is -0.900. The van der Waals surface area contributed by atoms with Gasteiger partial charge in [0, 0.05) is 24.7 Å². The minimum atomic E-state index is -3.49. The molecule has 0 saturated carbocycles. The van der Waals surface area contributed by atoms with E-state index >= 15 is 0 Å². The van der Waals surface area contributed by atoms with E-state index in [2.05, 4.69) is 26.1 Å². The summed E-state index contributed by atoms with van der Waals surface area (Å²) < 4.78 is 27.5. The Hall–Kier alpha value is -1.44. The van der Waals surface area contributed by atoms with Gasteiger partial charge in [-0.15, -0.1) is 0 Å². The largest absolute Gasteiger partial charge is 0.327 e. The van der Waals surface area contributed by atoms with Crippen molar-refractivity contribution in [1.82, 2.24) is 4.31 Å². The van der Waals surface area contributed by atoms with E-state index in [0.29, 0.717) is 48.0 Å². The molecule has 7 heteroatoms. The van der Waals surface area contributed by atoms with Crippen molar-refractivity contribution in [3.05, 3.63) is 24.3 Å². The number of benzene rings is 1. The molecule has 2 aliphatic heterocycles. The van der Waals surface area contributed by atoms with E-state index in [0.717, 1.165) is 19.5 Å². The number of quaternary nitrogens is 1. The number of piperidine rings is 2. The van der Waals surface area contributed by atoms with Gasteiger partial charge in [0.05, 0.1) is 18.0 Å². The Labute approximate surface area is 169 Å². The zero-order valence-electron chi connectivity index (χ0n) is 17.3. The lowest BCUT2D eigenvalue weighted by Crippen LogP contribution is -3.14. The Morgan fingerprint density at radius 2 is 1.75 bits per heavy atom. The minimum Gasteiger partial charge on any atom is -0.327 e. The number of anilines is 1. The summed E-state index contributed by atoms with van der Waals surface area (Å²) in [5.74, 6) is 1.40. The molecule has 0 spiro atoms. The second-order valence-electron chi connectivity index (χ2n) is 8.97. The fourth-order valence-electron chi connectivity index (χ4n) is 4.65. The molecule has 2 aliphatic rings. The van der Waals surface area contributed by atoms with Gasteiger partial charge >= 0.3 is 0 Å². The van der Waals surface area contributed by atoms with E-state index in [1.807, 2.05) is 0 Å². The maximum absolute atomic E-state index is 12.9. The number of sulfonamides is 1. The van der Waals surface area contributed by atoms with Gasteiger partial charge in [0.1, 0.15) is 0 Å². The quantitative estimate of drug-likeness (QED) is 0.778. The standard InChI is InChI=1S/C21H33N3O3S/c1-16-5-4-10-23(12-16)15-21(25)22-19-6-8-20(9-7-19)28(26,27)24-13-17(2)11-18(3)14-24/h6-9,16-18H,4-5,10-15H2,1-3H3,(H,22,25)/p+1/t16-,17-,18+/m0/s1. The van der Waals surface area contributed by atoms with Gasteiger partial charge in [0.15, 0.2) is 6.54 Å². The van der Waals surface area contributed by atoms with Crippen LogP contribution in [0.3, 0.4) is 0 Å². The summed E-state index contributed by atoms with van der Waals surface area (Å²) in [6.45, 7) is 10.1. The fraction of sp³-hybridized carbons (Fsp3) is 0.667. The van der Waals surface area contributed by atoms with Crippen LogP contribution in [-0.2, 0) is 14.8 Å². The molecule has 156 valence electrons. The first-order valence-electron chi connectivity index (χ1n) is 10.5. The molecule has 3 rings (SSSR count). The smallest absolute Gasteiger partial charge is 0.279 e. The van der Waals surface area contributed by atoms with Crippen molar-refractivity contribution in [1.29, 1.82) is 0 Å². The van der Waals surface area contributed by atoms with Crippen LogP contribution >= 0.6 is 0 Å². The highest BCUT2D eigenvalue weighted by Gasteiger charge is 2.31. The van der Waals surface area contributed by atoms with E-state index in [-0.39, 0.29) is 5.91 Å². The third-order valence-corrected chi connectivity index (χ3v) is 7.73. The molecule has 0 aliphatic carbocycles. The lowest BCUT2D eigenvalue weighted by Gasteiger charge is -2.34. The van der Waals surface area contributed by atoms with Crippen molar-refractivity contribution in [2.24, 2.45) is 17.8 Å². The average molecular weight is 409 g/mol. The summed E-state index contributed by atoms with van der Waals surface area (Å²) in [6, 6.07) is 6.58. The van der Waals surface area contributed by atoms with E-state index in [9.17, 15) is 13.2 Å². The van der Waals surface area contributed by atoms with Gasteiger partial charge in [-0.25, -0.2) is 8.42 Å². The van der Waals surface area contributed by atoms with Crippen LogP contribution in [0, 0.1) is 17.8 Å². The lowest BCUT2D eigenvalue weighted by atomic mass is 9.94. The van der Waals surface area contributed by atoms with Crippen LogP contribution in [0.15, 0.2) is 29.2 Å². The Morgan fingerprint density at radius 1 is 1.11 bits per heavy atom. The minimum absolute atomic E-state index is 0.0154. The predicted molar refractivity (Wildman–Crippen MR) is 111 cm³/mol. The topological polar surface area (TPSA) is 70.9 Å². The van der Waals surface area contributed by atoms with Gasteiger partial charge in [-0.2, -0.15) is 4.31 Å². The van der Waals surface area contributed by atoms with E-state index in [1.165, 1.54) is 17.7 Å². The van der Waals surface area contributed by atoms with Crippen LogP contribution in [-0.4, -0.2) is 51.4 Å². The molecule has 0 bridgehead atoms. The number of carbonyl (C=O) groups excluding carboxylic acids is 1. The monoisotopic (exact) mass is 408 g/mol. The summed E-state index contributed by atoms with van der Waals surface area (Å²) in [4.78, 5) is 13.9. The highest BCUT2D eigenvalue weighted by atomic mass is 32.2. The van der Waals surface area contributed by atoms with Crippen LogP contribution in [0.1, 0.15) is 40.0 Å². The molecule has 4 atom stereocenters. The van der Waals surface area contributed by atoms with Gasteiger partial charge in [0.25, 0.3) is 5.91 Å². The number of nitrogens with one attached hydrogen (secondary N) is 2. The van der Waals surface area contributed by atoms with E-state index < -0.39 is 10.0 Å². The number of likely N-dealkylation sites (tertiary alicyclic amines) is 1. The van der Waals surface area contributed by atoms with Crippen LogP contribution < -0.4 is 10.2 Å². The summed E-state index contributed by atoms with van der Waals surface area (Å²) in [7, 11) is -3.49. The summed E-state index contributed by atoms with van der Waals surface area (Å²) >= 11 is 0. The average Bonchev–Trinajstić information content (AvgIpc) is 2.61. The number of carbonyl (C=O) groups is 1. The van der Waals surface area contributed by atoms with E-state index in [1.54, 1.807) is 28.6 Å². The molecule has 1 aromatic carbocycles. The number of hydrogen-bond acceptors (Lipinski definition) is 3. The fourth-order valence-corrected chi connectivity index (χ4v) is 6.33. The Balaban J connectivity index is 1.60. The van der Waals surface area contributed by atoms with Crippen molar-refractivity contribution >= 4 is 21.6 Å². The van der Waals surface area contributed by atoms with Gasteiger partial charge in [0.2, 0.25) is 10.0 Å². The molecule has 1 aromatic rings. The number of hydrogen-bond donors (Lipinski definition) is 2. The van der Waals surface area contributed by atoms with Crippen LogP contribution in [0.5, 0.6) is 0 Å². The van der Waals surface area contributed by atoms with Gasteiger partial charge < -0.3 is 10.2 Å². The summed E-state index contributed by atoms with van der Waals surface area (Å²) in [5.41, 5.74) is 0.647. The van der Waals surface area contributed by atoms with Crippen LogP contribution in [0.4, 0.5) is 5.69 Å². The van der Waals surface area contributed by atoms with Crippen molar-refractivity contribution in [3.8, 4) is 0 Å². The molecule has 2 heterocycles. The van der Waals surface area contributed by atoms with Crippen molar-refractivity contribution in [2.45, 2.75) is 44.9 Å². The SMILES string of the molecule is C[C@@H]1C[C@H](C)CN(S(=O)(=O)c2ccc(NC(=O)C[NH+]3CCC[C@H](C)C3)cc2)C1. The molecular weight excluding hydrogens is 374 g/mol. The van der Waals surface area contributed by atoms with Crippen LogP contribution in [0.25, 0.3) is 0 Å². The maximum Gasteiger partial charge on any atom is 0.279 e. The van der Waals surface area contributed by atoms with Crippen LogP contribution in [0.2, 0.25) is 0 Å². The third kappa shape index (κ3) is 5.33. The molecule has 0 radical (unpaired) electrons. The number of nitrogens with zero attached hydrogens (tertiary/aromatic N) is 1. The zero-order valence-corrected chi connectivity index (χ0v) is 18.1. The van der Waals surface area contributed by atoms with Gasteiger partial charge in [-0.3, -0.25) is 4.79 Å². The molecule has 2 N–H and O–H groups in total. The highest BCUT2D eigenvalue weighted by molar-refractivity contribution is 7.89. The molecule has 2 fully saturated rings. The highest BCUT2D eigenvalue weighted by Crippen LogP contribution is 2.27. The molecule has 1 unspecified atom stereocenters. The third-order valence-electron chi connectivity index (χ3n) is 5.89.